The Hall–Kier alpha value is -3.43. The van der Waals surface area contributed by atoms with E-state index in [0.717, 1.165) is 84.4 Å². The van der Waals surface area contributed by atoms with E-state index in [0.29, 0.717) is 13.2 Å². The van der Waals surface area contributed by atoms with Crippen molar-refractivity contribution in [2.75, 3.05) is 31.8 Å². The highest BCUT2D eigenvalue weighted by atomic mass is 16.8. The van der Waals surface area contributed by atoms with E-state index in [9.17, 15) is 0 Å². The van der Waals surface area contributed by atoms with E-state index in [2.05, 4.69) is 31.6 Å². The Morgan fingerprint density at radius 2 is 2.05 bits per heavy atom. The smallest absolute Gasteiger partial charge is 0.184 e. The van der Waals surface area contributed by atoms with Gasteiger partial charge in [-0.25, -0.2) is 15.0 Å². The highest BCUT2D eigenvalue weighted by Gasteiger charge is 2.38. The van der Waals surface area contributed by atoms with Gasteiger partial charge in [-0.15, -0.1) is 0 Å². The van der Waals surface area contributed by atoms with Crippen molar-refractivity contribution in [1.29, 1.82) is 0 Å². The molecule has 2 aromatic heterocycles. The maximum Gasteiger partial charge on any atom is 0.184 e. The Balaban J connectivity index is 1.12. The number of unbranched alkanes of at least 4 members (excludes halogenated alkanes) is 1. The molecule has 9 nitrogen and oxygen atoms in total. The lowest BCUT2D eigenvalue weighted by atomic mass is 10.1. The molecule has 4 aromatic rings. The van der Waals surface area contributed by atoms with Crippen LogP contribution in [0.4, 0.5) is 5.82 Å². The lowest BCUT2D eigenvalue weighted by molar-refractivity contribution is 0.0593. The number of methoxy groups -OCH3 is 1. The summed E-state index contributed by atoms with van der Waals surface area (Å²) in [7, 11) is 1.69. The normalized spacial score (nSPS) is 20.9. The van der Waals surface area contributed by atoms with Gasteiger partial charge >= 0.3 is 0 Å². The van der Waals surface area contributed by atoms with Gasteiger partial charge in [-0.05, 0) is 62.6 Å². The number of hydrogen-bond donors (Lipinski definition) is 0. The van der Waals surface area contributed by atoms with Crippen LogP contribution in [-0.2, 0) is 16.0 Å². The molecule has 0 spiro atoms. The molecule has 2 unspecified atom stereocenters. The molecule has 2 saturated heterocycles. The van der Waals surface area contributed by atoms with E-state index in [1.807, 2.05) is 37.5 Å². The number of anilines is 1. The Morgan fingerprint density at radius 1 is 1.11 bits per heavy atom. The molecule has 0 aliphatic carbocycles. The summed E-state index contributed by atoms with van der Waals surface area (Å²) in [6.45, 7) is 5.08. The van der Waals surface area contributed by atoms with Crippen LogP contribution in [-0.4, -0.2) is 64.8 Å². The van der Waals surface area contributed by atoms with Crippen LogP contribution in [0.3, 0.4) is 0 Å². The van der Waals surface area contributed by atoms with Crippen LogP contribution in [0, 0.1) is 0 Å². The van der Waals surface area contributed by atoms with Crippen LogP contribution >= 0.6 is 0 Å². The molecule has 2 aromatic carbocycles. The van der Waals surface area contributed by atoms with E-state index >= 15 is 0 Å². The number of fused-ring (bicyclic) bond motifs is 2. The number of benzene rings is 2. The molecule has 2 aliphatic heterocycles. The number of nitrogens with zero attached hydrogens (tertiary/aromatic N) is 5. The zero-order valence-electron chi connectivity index (χ0n) is 22.1. The largest absolute Gasteiger partial charge is 0.497 e. The van der Waals surface area contributed by atoms with Crippen LogP contribution in [0.15, 0.2) is 49.1 Å². The zero-order valence-corrected chi connectivity index (χ0v) is 22.1. The maximum absolute atomic E-state index is 6.40. The second-order valence-corrected chi connectivity index (χ2v) is 9.95. The molecule has 4 heterocycles. The third-order valence-electron chi connectivity index (χ3n) is 7.52. The van der Waals surface area contributed by atoms with Gasteiger partial charge in [0.2, 0.25) is 0 Å². The van der Waals surface area contributed by atoms with Crippen molar-refractivity contribution in [3.8, 4) is 11.5 Å². The summed E-state index contributed by atoms with van der Waals surface area (Å²) in [6.07, 6.45) is 9.10. The first-order valence-corrected chi connectivity index (χ1v) is 13.6. The van der Waals surface area contributed by atoms with Crippen LogP contribution in [0.1, 0.15) is 39.0 Å². The molecule has 0 radical (unpaired) electrons. The molecule has 38 heavy (non-hydrogen) atoms. The van der Waals surface area contributed by atoms with Crippen molar-refractivity contribution in [3.63, 3.8) is 0 Å². The summed E-state index contributed by atoms with van der Waals surface area (Å²) in [6, 6.07) is 12.4. The Morgan fingerprint density at radius 3 is 2.95 bits per heavy atom. The van der Waals surface area contributed by atoms with Crippen molar-refractivity contribution < 1.29 is 18.9 Å². The molecular weight excluding hydrogens is 482 g/mol. The van der Waals surface area contributed by atoms with Gasteiger partial charge in [-0.1, -0.05) is 18.2 Å². The number of imidazole rings is 1. The van der Waals surface area contributed by atoms with Gasteiger partial charge in [0.05, 0.1) is 19.5 Å². The van der Waals surface area contributed by atoms with Gasteiger partial charge in [0, 0.05) is 25.1 Å². The van der Waals surface area contributed by atoms with Crippen molar-refractivity contribution in [1.82, 2.24) is 19.5 Å². The highest BCUT2D eigenvalue weighted by Crippen LogP contribution is 2.33. The van der Waals surface area contributed by atoms with E-state index in [4.69, 9.17) is 23.9 Å². The number of aromatic nitrogens is 4. The van der Waals surface area contributed by atoms with E-state index in [-0.39, 0.29) is 18.4 Å². The Kier molecular flexibility index (Phi) is 7.29. The molecule has 9 heteroatoms. The fourth-order valence-electron chi connectivity index (χ4n) is 5.46. The molecule has 0 amide bonds. The number of aryl methyl sites for hydroxylation is 1. The summed E-state index contributed by atoms with van der Waals surface area (Å²) in [5, 5.41) is 2.19. The molecular formula is C29H35N5O4. The third kappa shape index (κ3) is 5.13. The average molecular weight is 518 g/mol. The summed E-state index contributed by atoms with van der Waals surface area (Å²) in [4.78, 5) is 16.3. The summed E-state index contributed by atoms with van der Waals surface area (Å²) >= 11 is 0. The van der Waals surface area contributed by atoms with Crippen LogP contribution < -0.4 is 14.4 Å². The summed E-state index contributed by atoms with van der Waals surface area (Å²) < 4.78 is 25.0. The minimum absolute atomic E-state index is 0.00482. The van der Waals surface area contributed by atoms with E-state index in [1.165, 1.54) is 0 Å². The average Bonchev–Trinajstić information content (AvgIpc) is 3.32. The SMILES string of the molecule is CCOC1OC1CCCCn1cnc2c(N3CCC[C@@H]3COc3cccc4ccc(OC)cc34)ncnc21. The number of epoxide rings is 1. The molecule has 0 saturated carbocycles. The van der Waals surface area contributed by atoms with E-state index in [1.54, 1.807) is 13.4 Å². The van der Waals surface area contributed by atoms with Gasteiger partial charge in [-0.2, -0.15) is 0 Å². The first-order chi connectivity index (χ1) is 18.7. The highest BCUT2D eigenvalue weighted by molar-refractivity contribution is 5.89. The Labute approximate surface area is 222 Å². The number of hydrogen-bond acceptors (Lipinski definition) is 8. The molecule has 0 bridgehead atoms. The van der Waals surface area contributed by atoms with Crippen molar-refractivity contribution in [2.45, 2.75) is 64.0 Å². The van der Waals surface area contributed by atoms with Crippen LogP contribution in [0.2, 0.25) is 0 Å². The summed E-state index contributed by atoms with van der Waals surface area (Å²) in [5.41, 5.74) is 1.74. The quantitative estimate of drug-likeness (QED) is 0.192. The molecule has 2 aliphatic rings. The van der Waals surface area contributed by atoms with Crippen molar-refractivity contribution in [2.24, 2.45) is 0 Å². The third-order valence-corrected chi connectivity index (χ3v) is 7.52. The number of ether oxygens (including phenoxy) is 4. The maximum atomic E-state index is 6.40. The first kappa shape index (κ1) is 24.9. The topological polar surface area (TPSA) is 87.1 Å². The predicted octanol–water partition coefficient (Wildman–Crippen LogP) is 4.97. The van der Waals surface area contributed by atoms with E-state index < -0.39 is 0 Å². The van der Waals surface area contributed by atoms with Crippen LogP contribution in [0.25, 0.3) is 21.9 Å². The second-order valence-electron chi connectivity index (χ2n) is 9.95. The molecule has 2 fully saturated rings. The minimum Gasteiger partial charge on any atom is -0.497 e. The molecule has 3 atom stereocenters. The lowest BCUT2D eigenvalue weighted by Gasteiger charge is -2.26. The van der Waals surface area contributed by atoms with Crippen molar-refractivity contribution >= 4 is 27.8 Å². The molecule has 6 rings (SSSR count). The zero-order chi connectivity index (χ0) is 25.9. The fourth-order valence-corrected chi connectivity index (χ4v) is 5.46. The predicted molar refractivity (Wildman–Crippen MR) is 146 cm³/mol. The minimum atomic E-state index is 0.00482. The monoisotopic (exact) mass is 517 g/mol. The Bertz CT molecular complexity index is 1390. The standard InChI is InChI=1S/C29H35N5O4/c1-3-36-29-25(38-29)10-4-5-14-33-19-32-26-27(33)30-18-31-28(26)34-15-7-9-21(34)17-37-24-11-6-8-20-12-13-22(35-2)16-23(20)24/h6,8,11-13,16,18-19,21,25,29H,3-5,7,9-10,14-15,17H2,1-2H3/t21-,25?,29?/m1/s1. The molecule has 0 N–H and O–H groups in total. The van der Waals surface area contributed by atoms with Gasteiger partial charge in [0.15, 0.2) is 23.3 Å². The van der Waals surface area contributed by atoms with Crippen LogP contribution in [0.5, 0.6) is 11.5 Å². The van der Waals surface area contributed by atoms with Gasteiger partial charge < -0.3 is 28.4 Å². The van der Waals surface area contributed by atoms with Gasteiger partial charge in [0.25, 0.3) is 0 Å². The molecule has 200 valence electrons. The van der Waals surface area contributed by atoms with Crippen molar-refractivity contribution in [3.05, 3.63) is 49.1 Å². The van der Waals surface area contributed by atoms with Gasteiger partial charge in [-0.3, -0.25) is 0 Å². The second kappa shape index (κ2) is 11.1. The lowest BCUT2D eigenvalue weighted by Crippen LogP contribution is -2.35. The first-order valence-electron chi connectivity index (χ1n) is 13.6. The fraction of sp³-hybridized carbons (Fsp3) is 0.483. The van der Waals surface area contributed by atoms with Gasteiger partial charge in [0.1, 0.15) is 30.5 Å². The summed E-state index contributed by atoms with van der Waals surface area (Å²) in [5.74, 6) is 2.59. The number of rotatable bonds is 12.